The molecule has 0 bridgehead atoms. The average Bonchev–Trinajstić information content (AvgIpc) is 2.83. The van der Waals surface area contributed by atoms with Gasteiger partial charge in [-0.05, 0) is 18.6 Å². The van der Waals surface area contributed by atoms with E-state index in [1.165, 1.54) is 0 Å². The molecule has 98 valence electrons. The van der Waals surface area contributed by atoms with Crippen LogP contribution in [0.4, 0.5) is 0 Å². The first kappa shape index (κ1) is 13.5. The topological polar surface area (TPSA) is 33.2 Å². The van der Waals surface area contributed by atoms with Crippen LogP contribution in [0.1, 0.15) is 16.3 Å². The van der Waals surface area contributed by atoms with Crippen LogP contribution in [0.15, 0.2) is 41.8 Å². The molecule has 3 nitrogen and oxygen atoms in total. The largest absolute Gasteiger partial charge is 0.338 e. The molecule has 1 amide bonds. The molecule has 2 rings (SSSR count). The average molecular weight is 272 g/mol. The second-order valence-corrected chi connectivity index (χ2v) is 5.37. The number of rotatable bonds is 4. The molecule has 19 heavy (non-hydrogen) atoms. The van der Waals surface area contributed by atoms with Crippen molar-refractivity contribution in [2.45, 2.75) is 13.5 Å². The molecule has 0 spiro atoms. The SMILES string of the molecule is Cc1nc(C=CC(=O)N(C)Cc2ccccc2)cs1. The lowest BCUT2D eigenvalue weighted by molar-refractivity contribution is -0.125. The number of hydrogen-bond acceptors (Lipinski definition) is 3. The highest BCUT2D eigenvalue weighted by atomic mass is 32.1. The van der Waals surface area contributed by atoms with Crippen LogP contribution in [0.3, 0.4) is 0 Å². The van der Waals surface area contributed by atoms with E-state index in [0.717, 1.165) is 16.3 Å². The zero-order valence-corrected chi connectivity index (χ0v) is 11.9. The molecule has 0 saturated heterocycles. The minimum Gasteiger partial charge on any atom is -0.338 e. The van der Waals surface area contributed by atoms with E-state index in [4.69, 9.17) is 0 Å². The number of thiazole rings is 1. The number of carbonyl (C=O) groups is 1. The summed E-state index contributed by atoms with van der Waals surface area (Å²) in [7, 11) is 1.80. The maximum atomic E-state index is 11.9. The molecule has 0 atom stereocenters. The molecule has 0 aliphatic carbocycles. The van der Waals surface area contributed by atoms with Gasteiger partial charge in [0.1, 0.15) is 0 Å². The number of likely N-dealkylation sites (N-methyl/N-ethyl adjacent to an activating group) is 1. The standard InChI is InChI=1S/C15H16N2OS/c1-12-16-14(11-19-12)8-9-15(18)17(2)10-13-6-4-3-5-7-13/h3-9,11H,10H2,1-2H3. The molecule has 0 aliphatic heterocycles. The van der Waals surface area contributed by atoms with Gasteiger partial charge in [0.05, 0.1) is 10.7 Å². The minimum absolute atomic E-state index is 0.0190. The van der Waals surface area contributed by atoms with Crippen molar-refractivity contribution in [2.75, 3.05) is 7.05 Å². The molecule has 1 heterocycles. The summed E-state index contributed by atoms with van der Waals surface area (Å²) in [5, 5.41) is 2.95. The monoisotopic (exact) mass is 272 g/mol. The summed E-state index contributed by atoms with van der Waals surface area (Å²) in [6.07, 6.45) is 3.32. The highest BCUT2D eigenvalue weighted by Crippen LogP contribution is 2.10. The molecular weight excluding hydrogens is 256 g/mol. The third kappa shape index (κ3) is 4.03. The molecule has 0 N–H and O–H groups in total. The molecule has 4 heteroatoms. The summed E-state index contributed by atoms with van der Waals surface area (Å²) >= 11 is 1.58. The first-order chi connectivity index (χ1) is 9.15. The van der Waals surface area contributed by atoms with Crippen LogP contribution in [-0.2, 0) is 11.3 Å². The third-order valence-corrected chi connectivity index (χ3v) is 3.46. The first-order valence-corrected chi connectivity index (χ1v) is 6.92. The van der Waals surface area contributed by atoms with Crippen molar-refractivity contribution in [1.29, 1.82) is 0 Å². The Labute approximate surface area is 117 Å². The zero-order valence-electron chi connectivity index (χ0n) is 11.0. The van der Waals surface area contributed by atoms with E-state index in [1.807, 2.05) is 42.6 Å². The lowest BCUT2D eigenvalue weighted by atomic mass is 10.2. The van der Waals surface area contributed by atoms with Crippen LogP contribution in [0.25, 0.3) is 6.08 Å². The Morgan fingerprint density at radius 2 is 2.11 bits per heavy atom. The Morgan fingerprint density at radius 3 is 2.74 bits per heavy atom. The van der Waals surface area contributed by atoms with Gasteiger partial charge in [-0.2, -0.15) is 0 Å². The Hall–Kier alpha value is -1.94. The van der Waals surface area contributed by atoms with Gasteiger partial charge in [-0.15, -0.1) is 11.3 Å². The first-order valence-electron chi connectivity index (χ1n) is 6.04. The summed E-state index contributed by atoms with van der Waals surface area (Å²) in [6.45, 7) is 2.56. The number of aryl methyl sites for hydroxylation is 1. The van der Waals surface area contributed by atoms with Gasteiger partial charge in [0.25, 0.3) is 0 Å². The normalized spacial score (nSPS) is 10.8. The number of nitrogens with zero attached hydrogens (tertiary/aromatic N) is 2. The van der Waals surface area contributed by atoms with Crippen LogP contribution < -0.4 is 0 Å². The van der Waals surface area contributed by atoms with Crippen molar-refractivity contribution in [3.05, 3.63) is 58.1 Å². The van der Waals surface area contributed by atoms with Crippen molar-refractivity contribution >= 4 is 23.3 Å². The van der Waals surface area contributed by atoms with E-state index in [-0.39, 0.29) is 5.91 Å². The Kier molecular flexibility index (Phi) is 4.47. The zero-order chi connectivity index (χ0) is 13.7. The lowest BCUT2D eigenvalue weighted by Crippen LogP contribution is -2.24. The quantitative estimate of drug-likeness (QED) is 0.801. The van der Waals surface area contributed by atoms with Crippen LogP contribution >= 0.6 is 11.3 Å². The van der Waals surface area contributed by atoms with Gasteiger partial charge in [0, 0.05) is 25.0 Å². The number of aromatic nitrogens is 1. The van der Waals surface area contributed by atoms with Gasteiger partial charge in [-0.3, -0.25) is 4.79 Å². The third-order valence-electron chi connectivity index (χ3n) is 2.67. The predicted molar refractivity (Wildman–Crippen MR) is 78.8 cm³/mol. The van der Waals surface area contributed by atoms with Gasteiger partial charge in [0.15, 0.2) is 0 Å². The maximum Gasteiger partial charge on any atom is 0.246 e. The van der Waals surface area contributed by atoms with Gasteiger partial charge in [0.2, 0.25) is 5.91 Å². The molecule has 0 aliphatic rings. The maximum absolute atomic E-state index is 11.9. The van der Waals surface area contributed by atoms with Crippen molar-refractivity contribution in [1.82, 2.24) is 9.88 Å². The molecule has 2 aromatic rings. The fourth-order valence-electron chi connectivity index (χ4n) is 1.68. The summed E-state index contributed by atoms with van der Waals surface area (Å²) in [4.78, 5) is 17.9. The van der Waals surface area contributed by atoms with E-state index in [2.05, 4.69) is 4.98 Å². The summed E-state index contributed by atoms with van der Waals surface area (Å²) in [6, 6.07) is 9.94. The number of benzene rings is 1. The Balaban J connectivity index is 1.94. The highest BCUT2D eigenvalue weighted by molar-refractivity contribution is 7.09. The highest BCUT2D eigenvalue weighted by Gasteiger charge is 2.05. The van der Waals surface area contributed by atoms with Crippen molar-refractivity contribution in [3.8, 4) is 0 Å². The molecule has 0 radical (unpaired) electrons. The van der Waals surface area contributed by atoms with Crippen LogP contribution in [0, 0.1) is 6.92 Å². The van der Waals surface area contributed by atoms with Gasteiger partial charge >= 0.3 is 0 Å². The molecule has 0 fully saturated rings. The van der Waals surface area contributed by atoms with E-state index >= 15 is 0 Å². The van der Waals surface area contributed by atoms with Gasteiger partial charge < -0.3 is 4.90 Å². The van der Waals surface area contributed by atoms with Crippen LogP contribution in [0.2, 0.25) is 0 Å². The van der Waals surface area contributed by atoms with Gasteiger partial charge in [-0.25, -0.2) is 4.98 Å². The second kappa shape index (κ2) is 6.29. The van der Waals surface area contributed by atoms with E-state index < -0.39 is 0 Å². The molecule has 0 saturated carbocycles. The molecule has 0 unspecified atom stereocenters. The van der Waals surface area contributed by atoms with Crippen LogP contribution in [-0.4, -0.2) is 22.8 Å². The Bertz CT molecular complexity index is 575. The van der Waals surface area contributed by atoms with Crippen molar-refractivity contribution in [3.63, 3.8) is 0 Å². The number of carbonyl (C=O) groups excluding carboxylic acids is 1. The van der Waals surface area contributed by atoms with Crippen LogP contribution in [0.5, 0.6) is 0 Å². The molecule has 1 aromatic heterocycles. The van der Waals surface area contributed by atoms with E-state index in [1.54, 1.807) is 35.4 Å². The van der Waals surface area contributed by atoms with E-state index in [0.29, 0.717) is 6.54 Å². The molecular formula is C15H16N2OS. The van der Waals surface area contributed by atoms with E-state index in [9.17, 15) is 4.79 Å². The lowest BCUT2D eigenvalue weighted by Gasteiger charge is -2.14. The Morgan fingerprint density at radius 1 is 1.37 bits per heavy atom. The van der Waals surface area contributed by atoms with Crippen molar-refractivity contribution < 1.29 is 4.79 Å². The second-order valence-electron chi connectivity index (χ2n) is 4.30. The number of amides is 1. The van der Waals surface area contributed by atoms with Crippen molar-refractivity contribution in [2.24, 2.45) is 0 Å². The minimum atomic E-state index is -0.0190. The predicted octanol–water partition coefficient (Wildman–Crippen LogP) is 3.12. The molecule has 1 aromatic carbocycles. The summed E-state index contributed by atoms with van der Waals surface area (Å²) in [5.74, 6) is -0.0190. The smallest absolute Gasteiger partial charge is 0.246 e. The fraction of sp³-hybridized carbons (Fsp3) is 0.200. The number of hydrogen-bond donors (Lipinski definition) is 0. The summed E-state index contributed by atoms with van der Waals surface area (Å²) in [5.41, 5.74) is 1.96. The summed E-state index contributed by atoms with van der Waals surface area (Å²) < 4.78 is 0. The van der Waals surface area contributed by atoms with Gasteiger partial charge in [-0.1, -0.05) is 30.3 Å². The fourth-order valence-corrected chi connectivity index (χ4v) is 2.26.